The molecule has 1 aromatic carbocycles. The van der Waals surface area contributed by atoms with E-state index in [2.05, 4.69) is 22.2 Å². The normalized spacial score (nSPS) is 12.1. The first-order valence-corrected chi connectivity index (χ1v) is 10.6. The zero-order chi connectivity index (χ0) is 22.2. The van der Waals surface area contributed by atoms with Gasteiger partial charge in [-0.1, -0.05) is 38.0 Å². The van der Waals surface area contributed by atoms with Crippen molar-refractivity contribution in [2.75, 3.05) is 13.6 Å². The van der Waals surface area contributed by atoms with Crippen LogP contribution in [-0.2, 0) is 11.3 Å². The molecule has 0 fully saturated rings. The molecule has 7 nitrogen and oxygen atoms in total. The molecule has 7 heteroatoms. The molecule has 3 N–H and O–H groups in total. The van der Waals surface area contributed by atoms with Gasteiger partial charge in [-0.2, -0.15) is 0 Å². The van der Waals surface area contributed by atoms with Crippen molar-refractivity contribution in [1.82, 2.24) is 20.2 Å². The van der Waals surface area contributed by atoms with Crippen LogP contribution in [0.15, 0.2) is 54.7 Å². The van der Waals surface area contributed by atoms with Gasteiger partial charge in [-0.3, -0.25) is 19.5 Å². The van der Waals surface area contributed by atoms with Crippen LogP contribution in [0, 0.1) is 0 Å². The molecule has 2 heterocycles. The van der Waals surface area contributed by atoms with E-state index < -0.39 is 11.9 Å². The number of aromatic nitrogens is 2. The van der Waals surface area contributed by atoms with Gasteiger partial charge in [0.25, 0.3) is 5.91 Å². The summed E-state index contributed by atoms with van der Waals surface area (Å²) in [7, 11) is 1.92. The van der Waals surface area contributed by atoms with Gasteiger partial charge in [-0.05, 0) is 49.4 Å². The third-order valence-electron chi connectivity index (χ3n) is 5.17. The number of primary amides is 1. The number of hydrogen-bond acceptors (Lipinski definition) is 5. The second-order valence-corrected chi connectivity index (χ2v) is 7.66. The standard InChI is InChI=1S/C24H29N5O2/c1-3-4-6-14-27-24(31)22(20-8-5-7-13-26-20)29(2)16-17-9-11-19-18(15-17)10-12-21(28-19)23(25)30/h5,7-13,15,22H,3-4,6,14,16H2,1-2H3,(H2,25,30)(H,27,31). The van der Waals surface area contributed by atoms with E-state index in [1.165, 1.54) is 0 Å². The Bertz CT molecular complexity index is 1040. The molecular formula is C24H29N5O2. The minimum atomic E-state index is -0.547. The molecule has 2 amide bonds. The summed E-state index contributed by atoms with van der Waals surface area (Å²) in [6.45, 7) is 3.35. The molecule has 31 heavy (non-hydrogen) atoms. The number of nitrogens with one attached hydrogen (secondary N) is 1. The van der Waals surface area contributed by atoms with Gasteiger partial charge in [0.15, 0.2) is 0 Å². The van der Waals surface area contributed by atoms with Crippen LogP contribution < -0.4 is 11.1 Å². The SMILES string of the molecule is CCCCCNC(=O)C(c1ccccn1)N(C)Cc1ccc2nc(C(N)=O)ccc2c1. The molecule has 162 valence electrons. The van der Waals surface area contributed by atoms with Gasteiger partial charge >= 0.3 is 0 Å². The number of hydrogen-bond donors (Lipinski definition) is 2. The average Bonchev–Trinajstić information content (AvgIpc) is 2.77. The molecule has 0 saturated carbocycles. The van der Waals surface area contributed by atoms with Crippen molar-refractivity contribution in [3.8, 4) is 0 Å². The van der Waals surface area contributed by atoms with Crippen molar-refractivity contribution >= 4 is 22.7 Å². The summed E-state index contributed by atoms with van der Waals surface area (Å²) in [5.74, 6) is -0.597. The van der Waals surface area contributed by atoms with Gasteiger partial charge in [-0.25, -0.2) is 4.98 Å². The molecule has 0 aliphatic heterocycles. The lowest BCUT2D eigenvalue weighted by Gasteiger charge is -2.27. The van der Waals surface area contributed by atoms with Crippen LogP contribution in [-0.4, -0.2) is 40.3 Å². The molecule has 0 saturated heterocycles. The summed E-state index contributed by atoms with van der Waals surface area (Å²) in [5.41, 5.74) is 8.01. The van der Waals surface area contributed by atoms with Gasteiger partial charge < -0.3 is 11.1 Å². The molecule has 0 spiro atoms. The Balaban J connectivity index is 1.79. The Morgan fingerprint density at radius 3 is 2.68 bits per heavy atom. The number of carbonyl (C=O) groups is 2. The van der Waals surface area contributed by atoms with Gasteiger partial charge in [0.2, 0.25) is 5.91 Å². The van der Waals surface area contributed by atoms with Crippen LogP contribution in [0.3, 0.4) is 0 Å². The van der Waals surface area contributed by atoms with E-state index in [0.717, 1.165) is 30.2 Å². The first-order chi connectivity index (χ1) is 15.0. The summed E-state index contributed by atoms with van der Waals surface area (Å²) < 4.78 is 0. The fourth-order valence-corrected chi connectivity index (χ4v) is 3.57. The summed E-state index contributed by atoms with van der Waals surface area (Å²) >= 11 is 0. The maximum atomic E-state index is 13.0. The third-order valence-corrected chi connectivity index (χ3v) is 5.17. The van der Waals surface area contributed by atoms with E-state index >= 15 is 0 Å². The predicted octanol–water partition coefficient (Wildman–Crippen LogP) is 3.21. The lowest BCUT2D eigenvalue weighted by atomic mass is 10.1. The highest BCUT2D eigenvalue weighted by atomic mass is 16.2. The number of rotatable bonds is 10. The van der Waals surface area contributed by atoms with Crippen LogP contribution >= 0.6 is 0 Å². The van der Waals surface area contributed by atoms with Crippen molar-refractivity contribution in [3.63, 3.8) is 0 Å². The third kappa shape index (κ3) is 5.86. The quantitative estimate of drug-likeness (QED) is 0.492. The zero-order valence-electron chi connectivity index (χ0n) is 18.0. The first kappa shape index (κ1) is 22.4. The van der Waals surface area contributed by atoms with Gasteiger partial charge in [-0.15, -0.1) is 0 Å². The molecule has 0 aliphatic carbocycles. The molecule has 2 aromatic heterocycles. The summed E-state index contributed by atoms with van der Waals surface area (Å²) in [5, 5.41) is 3.97. The summed E-state index contributed by atoms with van der Waals surface area (Å²) in [6.07, 6.45) is 4.87. The molecular weight excluding hydrogens is 390 g/mol. The van der Waals surface area contributed by atoms with Gasteiger partial charge in [0.05, 0.1) is 11.2 Å². The van der Waals surface area contributed by atoms with Crippen LogP contribution in [0.2, 0.25) is 0 Å². The van der Waals surface area contributed by atoms with Crippen LogP contribution in [0.1, 0.15) is 54.0 Å². The van der Waals surface area contributed by atoms with E-state index in [4.69, 9.17) is 5.73 Å². The monoisotopic (exact) mass is 419 g/mol. The number of nitrogens with two attached hydrogens (primary N) is 1. The number of likely N-dealkylation sites (N-methyl/N-ethyl adjacent to an activating group) is 1. The largest absolute Gasteiger partial charge is 0.364 e. The van der Waals surface area contributed by atoms with Crippen molar-refractivity contribution in [1.29, 1.82) is 0 Å². The van der Waals surface area contributed by atoms with E-state index in [1.807, 2.05) is 54.4 Å². The maximum absolute atomic E-state index is 13.0. The van der Waals surface area contributed by atoms with E-state index in [1.54, 1.807) is 12.3 Å². The topological polar surface area (TPSA) is 101 Å². The number of benzene rings is 1. The highest BCUT2D eigenvalue weighted by Crippen LogP contribution is 2.22. The number of amides is 2. The molecule has 0 aliphatic rings. The zero-order valence-corrected chi connectivity index (χ0v) is 18.0. The second kappa shape index (κ2) is 10.6. The predicted molar refractivity (Wildman–Crippen MR) is 121 cm³/mol. The smallest absolute Gasteiger partial charge is 0.267 e. The highest BCUT2D eigenvalue weighted by molar-refractivity contribution is 5.93. The second-order valence-electron chi connectivity index (χ2n) is 7.66. The molecule has 0 bridgehead atoms. The van der Waals surface area contributed by atoms with E-state index in [9.17, 15) is 9.59 Å². The Morgan fingerprint density at radius 1 is 1.13 bits per heavy atom. The number of unbranched alkanes of at least 4 members (excludes halogenated alkanes) is 2. The summed E-state index contributed by atoms with van der Waals surface area (Å²) in [4.78, 5) is 35.1. The fraction of sp³-hybridized carbons (Fsp3) is 0.333. The van der Waals surface area contributed by atoms with Crippen LogP contribution in [0.25, 0.3) is 10.9 Å². The first-order valence-electron chi connectivity index (χ1n) is 10.6. The fourth-order valence-electron chi connectivity index (χ4n) is 3.57. The molecule has 0 radical (unpaired) electrons. The van der Waals surface area contributed by atoms with Crippen LogP contribution in [0.5, 0.6) is 0 Å². The van der Waals surface area contributed by atoms with Crippen molar-refractivity contribution in [2.24, 2.45) is 5.73 Å². The van der Waals surface area contributed by atoms with Crippen molar-refractivity contribution < 1.29 is 9.59 Å². The number of fused-ring (bicyclic) bond motifs is 1. The maximum Gasteiger partial charge on any atom is 0.267 e. The minimum Gasteiger partial charge on any atom is -0.364 e. The minimum absolute atomic E-state index is 0.0501. The lowest BCUT2D eigenvalue weighted by Crippen LogP contribution is -2.39. The molecule has 1 atom stereocenters. The van der Waals surface area contributed by atoms with Crippen LogP contribution in [0.4, 0.5) is 0 Å². The Kier molecular flexibility index (Phi) is 7.67. The molecule has 3 aromatic rings. The number of pyridine rings is 2. The number of carbonyl (C=O) groups excluding carboxylic acids is 2. The highest BCUT2D eigenvalue weighted by Gasteiger charge is 2.26. The van der Waals surface area contributed by atoms with E-state index in [-0.39, 0.29) is 11.6 Å². The molecule has 1 unspecified atom stereocenters. The number of nitrogens with zero attached hydrogens (tertiary/aromatic N) is 3. The average molecular weight is 420 g/mol. The van der Waals surface area contributed by atoms with Gasteiger partial charge in [0.1, 0.15) is 11.7 Å². The lowest BCUT2D eigenvalue weighted by molar-refractivity contribution is -0.126. The van der Waals surface area contributed by atoms with Crippen molar-refractivity contribution in [2.45, 2.75) is 38.8 Å². The van der Waals surface area contributed by atoms with Gasteiger partial charge in [0, 0.05) is 24.7 Å². The summed E-state index contributed by atoms with van der Waals surface area (Å²) in [6, 6.07) is 14.4. The van der Waals surface area contributed by atoms with E-state index in [0.29, 0.717) is 24.3 Å². The molecule has 3 rings (SSSR count). The Hall–Kier alpha value is -3.32. The Labute approximate surface area is 182 Å². The van der Waals surface area contributed by atoms with Crippen molar-refractivity contribution in [3.05, 3.63) is 71.7 Å². The Morgan fingerprint density at radius 2 is 1.97 bits per heavy atom.